The third-order valence-electron chi connectivity index (χ3n) is 3.20. The van der Waals surface area contributed by atoms with Crippen LogP contribution in [0.5, 0.6) is 0 Å². The van der Waals surface area contributed by atoms with E-state index in [1.54, 1.807) is 24.3 Å². The zero-order chi connectivity index (χ0) is 16.9. The Morgan fingerprint density at radius 3 is 2.43 bits per heavy atom. The van der Waals surface area contributed by atoms with Crippen LogP contribution in [0.25, 0.3) is 0 Å². The fourth-order valence-electron chi connectivity index (χ4n) is 2.08. The number of sulfonamides is 1. The molecule has 0 spiro atoms. The molecule has 0 aliphatic heterocycles. The van der Waals surface area contributed by atoms with E-state index in [0.717, 1.165) is 5.69 Å². The third-order valence-corrected chi connectivity index (χ3v) is 4.84. The fraction of sp³-hybridized carbons (Fsp3) is 0.188. The van der Waals surface area contributed by atoms with Crippen molar-refractivity contribution in [2.24, 2.45) is 0 Å². The largest absolute Gasteiger partial charge is 0.312 e. The van der Waals surface area contributed by atoms with Crippen LogP contribution in [0.3, 0.4) is 0 Å². The van der Waals surface area contributed by atoms with Crippen molar-refractivity contribution in [2.45, 2.75) is 11.8 Å². The van der Waals surface area contributed by atoms with Crippen LogP contribution in [0.15, 0.2) is 59.5 Å². The second-order valence-electron chi connectivity index (χ2n) is 4.76. The molecule has 0 atom stereocenters. The number of carbonyl (C=O) groups is 1. The summed E-state index contributed by atoms with van der Waals surface area (Å²) in [5.41, 5.74) is 0.724. The number of hydrogen-bond donors (Lipinski definition) is 1. The van der Waals surface area contributed by atoms with Crippen molar-refractivity contribution < 1.29 is 13.2 Å². The van der Waals surface area contributed by atoms with Crippen molar-refractivity contribution in [1.29, 1.82) is 0 Å². The molecule has 5 nitrogen and oxygen atoms in total. The van der Waals surface area contributed by atoms with E-state index in [1.807, 2.05) is 25.1 Å². The summed E-state index contributed by atoms with van der Waals surface area (Å²) in [4.78, 5) is 13.8. The Kier molecular flexibility index (Phi) is 5.76. The van der Waals surface area contributed by atoms with E-state index in [4.69, 9.17) is 11.6 Å². The summed E-state index contributed by atoms with van der Waals surface area (Å²) in [7, 11) is -3.78. The second kappa shape index (κ2) is 7.59. The number of carbonyl (C=O) groups excluding carboxylic acids is 1. The Balaban J connectivity index is 2.08. The summed E-state index contributed by atoms with van der Waals surface area (Å²) in [6.07, 6.45) is 0. The first-order valence-corrected chi connectivity index (χ1v) is 8.91. The fourth-order valence-corrected chi connectivity index (χ4v) is 3.36. The summed E-state index contributed by atoms with van der Waals surface area (Å²) in [5.74, 6) is -0.329. The number of hydrogen-bond acceptors (Lipinski definition) is 3. The molecule has 23 heavy (non-hydrogen) atoms. The molecule has 0 saturated heterocycles. The Morgan fingerprint density at radius 1 is 1.13 bits per heavy atom. The van der Waals surface area contributed by atoms with Gasteiger partial charge in [0.1, 0.15) is 0 Å². The van der Waals surface area contributed by atoms with Crippen LogP contribution in [0.4, 0.5) is 5.69 Å². The van der Waals surface area contributed by atoms with Gasteiger partial charge in [-0.1, -0.05) is 35.9 Å². The Labute approximate surface area is 140 Å². The predicted octanol–water partition coefficient (Wildman–Crippen LogP) is 2.67. The molecular formula is C16H17ClN2O3S. The van der Waals surface area contributed by atoms with E-state index < -0.39 is 10.0 Å². The smallest absolute Gasteiger partial charge is 0.242 e. The molecule has 0 aliphatic carbocycles. The maximum absolute atomic E-state index is 12.3. The monoisotopic (exact) mass is 352 g/mol. The van der Waals surface area contributed by atoms with Crippen molar-refractivity contribution in [3.05, 3.63) is 59.6 Å². The van der Waals surface area contributed by atoms with E-state index in [9.17, 15) is 13.2 Å². The molecule has 1 N–H and O–H groups in total. The van der Waals surface area contributed by atoms with Gasteiger partial charge in [-0.2, -0.15) is 0 Å². The van der Waals surface area contributed by atoms with Gasteiger partial charge in [0.2, 0.25) is 15.9 Å². The summed E-state index contributed by atoms with van der Waals surface area (Å²) in [5, 5.41) is 0.318. The highest BCUT2D eigenvalue weighted by Gasteiger charge is 2.19. The van der Waals surface area contributed by atoms with Crippen LogP contribution in [0, 0.1) is 0 Å². The average molecular weight is 353 g/mol. The summed E-state index contributed by atoms with van der Waals surface area (Å²) in [6, 6.07) is 15.0. The minimum absolute atomic E-state index is 0.0283. The first-order valence-electron chi connectivity index (χ1n) is 7.04. The first kappa shape index (κ1) is 17.5. The van der Waals surface area contributed by atoms with Gasteiger partial charge in [0, 0.05) is 17.3 Å². The number of nitrogens with one attached hydrogen (secondary N) is 1. The standard InChI is InChI=1S/C16H17ClN2O3S/c1-2-19(14-8-4-3-5-9-14)16(20)12-18-23(21,22)15-10-6-7-13(17)11-15/h3-11,18H,2,12H2,1H3. The summed E-state index contributed by atoms with van der Waals surface area (Å²) < 4.78 is 26.7. The van der Waals surface area contributed by atoms with Crippen LogP contribution in [0.2, 0.25) is 5.02 Å². The molecule has 0 aliphatic rings. The number of rotatable bonds is 6. The minimum Gasteiger partial charge on any atom is -0.312 e. The number of anilines is 1. The van der Waals surface area contributed by atoms with Gasteiger partial charge in [0.05, 0.1) is 11.4 Å². The van der Waals surface area contributed by atoms with Gasteiger partial charge in [-0.3, -0.25) is 4.79 Å². The van der Waals surface area contributed by atoms with Crippen LogP contribution < -0.4 is 9.62 Å². The molecule has 7 heteroatoms. The lowest BCUT2D eigenvalue weighted by atomic mass is 10.3. The van der Waals surface area contributed by atoms with Crippen molar-refractivity contribution in [3.63, 3.8) is 0 Å². The van der Waals surface area contributed by atoms with Gasteiger partial charge in [-0.05, 0) is 37.3 Å². The number of halogens is 1. The van der Waals surface area contributed by atoms with Crippen LogP contribution in [-0.2, 0) is 14.8 Å². The molecule has 2 aromatic carbocycles. The molecule has 122 valence electrons. The van der Waals surface area contributed by atoms with Crippen LogP contribution >= 0.6 is 11.6 Å². The number of nitrogens with zero attached hydrogens (tertiary/aromatic N) is 1. The molecule has 2 rings (SSSR count). The number of para-hydroxylation sites is 1. The Morgan fingerprint density at radius 2 is 1.83 bits per heavy atom. The summed E-state index contributed by atoms with van der Waals surface area (Å²) >= 11 is 5.80. The van der Waals surface area contributed by atoms with E-state index >= 15 is 0 Å². The van der Waals surface area contributed by atoms with Crippen molar-refractivity contribution in [2.75, 3.05) is 18.0 Å². The molecule has 0 bridgehead atoms. The van der Waals surface area contributed by atoms with E-state index in [0.29, 0.717) is 11.6 Å². The number of benzene rings is 2. The first-order chi connectivity index (χ1) is 10.9. The average Bonchev–Trinajstić information content (AvgIpc) is 2.55. The van der Waals surface area contributed by atoms with E-state index in [1.165, 1.54) is 17.0 Å². The highest BCUT2D eigenvalue weighted by atomic mass is 35.5. The SMILES string of the molecule is CCN(C(=O)CNS(=O)(=O)c1cccc(Cl)c1)c1ccccc1. The zero-order valence-electron chi connectivity index (χ0n) is 12.6. The molecule has 0 heterocycles. The highest BCUT2D eigenvalue weighted by Crippen LogP contribution is 2.16. The van der Waals surface area contributed by atoms with Gasteiger partial charge in [0.25, 0.3) is 0 Å². The minimum atomic E-state index is -3.78. The van der Waals surface area contributed by atoms with Gasteiger partial charge >= 0.3 is 0 Å². The highest BCUT2D eigenvalue weighted by molar-refractivity contribution is 7.89. The van der Waals surface area contributed by atoms with Gasteiger partial charge in [-0.15, -0.1) is 0 Å². The van der Waals surface area contributed by atoms with Crippen molar-refractivity contribution >= 4 is 33.2 Å². The molecule has 0 unspecified atom stereocenters. The molecule has 0 fully saturated rings. The lowest BCUT2D eigenvalue weighted by Crippen LogP contribution is -2.40. The topological polar surface area (TPSA) is 66.5 Å². The third kappa shape index (κ3) is 4.54. The van der Waals surface area contributed by atoms with Crippen LogP contribution in [0.1, 0.15) is 6.92 Å². The normalized spacial score (nSPS) is 11.2. The van der Waals surface area contributed by atoms with E-state index in [-0.39, 0.29) is 17.3 Å². The zero-order valence-corrected chi connectivity index (χ0v) is 14.1. The molecule has 0 saturated carbocycles. The maximum Gasteiger partial charge on any atom is 0.242 e. The number of likely N-dealkylation sites (N-methyl/N-ethyl adjacent to an activating group) is 1. The van der Waals surface area contributed by atoms with Crippen LogP contribution in [-0.4, -0.2) is 27.4 Å². The second-order valence-corrected chi connectivity index (χ2v) is 6.96. The molecule has 2 aromatic rings. The molecule has 0 radical (unpaired) electrons. The Bertz CT molecular complexity index is 779. The van der Waals surface area contributed by atoms with Gasteiger partial charge in [0.15, 0.2) is 0 Å². The van der Waals surface area contributed by atoms with Gasteiger partial charge < -0.3 is 4.90 Å². The lowest BCUT2D eigenvalue weighted by molar-refractivity contribution is -0.117. The van der Waals surface area contributed by atoms with Crippen molar-refractivity contribution in [1.82, 2.24) is 4.72 Å². The quantitative estimate of drug-likeness (QED) is 0.869. The predicted molar refractivity (Wildman–Crippen MR) is 91.1 cm³/mol. The number of amides is 1. The summed E-state index contributed by atoms with van der Waals surface area (Å²) in [6.45, 7) is 1.95. The molecule has 1 amide bonds. The van der Waals surface area contributed by atoms with Crippen molar-refractivity contribution in [3.8, 4) is 0 Å². The maximum atomic E-state index is 12.3. The Hall–Kier alpha value is -1.89. The lowest BCUT2D eigenvalue weighted by Gasteiger charge is -2.21. The van der Waals surface area contributed by atoms with E-state index in [2.05, 4.69) is 4.72 Å². The molecule has 0 aromatic heterocycles. The van der Waals surface area contributed by atoms with Gasteiger partial charge in [-0.25, -0.2) is 13.1 Å². The molecular weight excluding hydrogens is 336 g/mol.